The lowest BCUT2D eigenvalue weighted by molar-refractivity contribution is -0.142. The molecular weight excluding hydrogens is 445 g/mol. The third-order valence-corrected chi connectivity index (χ3v) is 5.90. The van der Waals surface area contributed by atoms with Crippen molar-refractivity contribution in [3.8, 4) is 5.75 Å². The highest BCUT2D eigenvalue weighted by molar-refractivity contribution is 5.99. The molecule has 0 aromatic heterocycles. The van der Waals surface area contributed by atoms with Crippen molar-refractivity contribution in [1.29, 1.82) is 0 Å². The highest BCUT2D eigenvalue weighted by Gasteiger charge is 2.46. The zero-order valence-electron chi connectivity index (χ0n) is 18.8. The zero-order chi connectivity index (χ0) is 24.1. The maximum Gasteiger partial charge on any atom is 0.323 e. The van der Waals surface area contributed by atoms with Gasteiger partial charge in [0.15, 0.2) is 0 Å². The molecule has 34 heavy (non-hydrogen) atoms. The van der Waals surface area contributed by atoms with Crippen LogP contribution in [0.25, 0.3) is 0 Å². The number of nitrogens with one attached hydrogen (secondary N) is 3. The van der Waals surface area contributed by atoms with Crippen molar-refractivity contribution in [1.82, 2.24) is 5.32 Å². The fraction of sp³-hybridized carbons (Fsp3) is 0.417. The normalized spacial score (nSPS) is 22.8. The lowest BCUT2D eigenvalue weighted by Gasteiger charge is -2.37. The Labute approximate surface area is 196 Å². The molecule has 0 aliphatic carbocycles. The Bertz CT molecular complexity index is 1020. The minimum Gasteiger partial charge on any atom is -0.487 e. The topological polar surface area (TPSA) is 118 Å². The molecule has 0 saturated carbocycles. The molecule has 0 unspecified atom stereocenters. The number of amides is 3. The van der Waals surface area contributed by atoms with Crippen molar-refractivity contribution in [2.45, 2.75) is 37.1 Å². The summed E-state index contributed by atoms with van der Waals surface area (Å²) in [6.07, 6.45) is -0.625. The molecule has 1 fully saturated rings. The summed E-state index contributed by atoms with van der Waals surface area (Å²) >= 11 is 0. The molecule has 1 saturated heterocycles. The molecule has 3 amide bonds. The first-order chi connectivity index (χ1) is 16.5. The Balaban J connectivity index is 1.42. The Morgan fingerprint density at radius 3 is 2.62 bits per heavy atom. The van der Waals surface area contributed by atoms with Gasteiger partial charge in [-0.05, 0) is 48.9 Å². The summed E-state index contributed by atoms with van der Waals surface area (Å²) in [5.74, 6) is 0.0260. The number of halogens is 1. The first-order valence-corrected chi connectivity index (χ1v) is 11.1. The van der Waals surface area contributed by atoms with Crippen LogP contribution in [0.3, 0.4) is 0 Å². The van der Waals surface area contributed by atoms with Gasteiger partial charge in [-0.15, -0.1) is 0 Å². The number of methoxy groups -OCH3 is 1. The van der Waals surface area contributed by atoms with Crippen molar-refractivity contribution in [2.75, 3.05) is 37.5 Å². The average Bonchev–Trinajstić information content (AvgIpc) is 3.18. The van der Waals surface area contributed by atoms with Gasteiger partial charge in [-0.1, -0.05) is 0 Å². The SMILES string of the molecule is COCCNC(=O)C[C@@H]1C[C@@H]2c3cc(NC(=O)Nc4ccc(F)cc4)ccc3O[C@@H]2[C@H](CO)O1. The highest BCUT2D eigenvalue weighted by Crippen LogP contribution is 2.47. The Morgan fingerprint density at radius 1 is 1.15 bits per heavy atom. The number of fused-ring (bicyclic) bond motifs is 3. The number of ether oxygens (including phenoxy) is 3. The van der Waals surface area contributed by atoms with E-state index in [0.717, 1.165) is 5.56 Å². The van der Waals surface area contributed by atoms with E-state index in [-0.39, 0.29) is 42.9 Å². The number of hydrogen-bond donors (Lipinski definition) is 4. The first kappa shape index (κ1) is 23.9. The van der Waals surface area contributed by atoms with Gasteiger partial charge in [-0.3, -0.25) is 4.79 Å². The number of aliphatic hydroxyl groups is 1. The van der Waals surface area contributed by atoms with Crippen LogP contribution in [0.15, 0.2) is 42.5 Å². The standard InChI is InChI=1S/C24H28FN3O6/c1-32-9-8-26-22(30)12-17-11-19-18-10-16(6-7-20(18)34-23(19)21(13-29)33-17)28-24(31)27-15-4-2-14(25)3-5-15/h2-7,10,17,19,21,23,29H,8-9,11-13H2,1H3,(H,26,30)(H2,27,28,31)/t17-,19+,21-,23-/m0/s1. The van der Waals surface area contributed by atoms with E-state index in [1.165, 1.54) is 24.3 Å². The van der Waals surface area contributed by atoms with Crippen LogP contribution in [-0.4, -0.2) is 62.2 Å². The van der Waals surface area contributed by atoms with Crippen molar-refractivity contribution >= 4 is 23.3 Å². The van der Waals surface area contributed by atoms with Crippen LogP contribution < -0.4 is 20.7 Å². The Hall–Kier alpha value is -3.21. The monoisotopic (exact) mass is 473 g/mol. The van der Waals surface area contributed by atoms with E-state index in [1.54, 1.807) is 19.2 Å². The molecule has 0 spiro atoms. The zero-order valence-corrected chi connectivity index (χ0v) is 18.8. The second kappa shape index (κ2) is 10.8. The van der Waals surface area contributed by atoms with Gasteiger partial charge in [-0.2, -0.15) is 0 Å². The van der Waals surface area contributed by atoms with Crippen molar-refractivity contribution in [2.24, 2.45) is 0 Å². The van der Waals surface area contributed by atoms with Gasteiger partial charge < -0.3 is 35.3 Å². The summed E-state index contributed by atoms with van der Waals surface area (Å²) in [5, 5.41) is 18.1. The molecule has 2 aromatic rings. The molecule has 0 radical (unpaired) electrons. The van der Waals surface area contributed by atoms with Gasteiger partial charge in [0.25, 0.3) is 0 Å². The number of anilines is 2. The largest absolute Gasteiger partial charge is 0.487 e. The smallest absolute Gasteiger partial charge is 0.323 e. The van der Waals surface area contributed by atoms with Gasteiger partial charge in [0.1, 0.15) is 23.8 Å². The number of benzene rings is 2. The molecule has 4 N–H and O–H groups in total. The quantitative estimate of drug-likeness (QED) is 0.438. The second-order valence-electron chi connectivity index (χ2n) is 8.29. The van der Waals surface area contributed by atoms with E-state index in [9.17, 15) is 19.1 Å². The average molecular weight is 474 g/mol. The number of urea groups is 1. The molecule has 4 rings (SSSR count). The minimum atomic E-state index is -0.568. The molecule has 4 atom stereocenters. The highest BCUT2D eigenvalue weighted by atomic mass is 19.1. The summed E-state index contributed by atoms with van der Waals surface area (Å²) < 4.78 is 30.0. The van der Waals surface area contributed by atoms with Crippen LogP contribution in [0.1, 0.15) is 24.3 Å². The molecular formula is C24H28FN3O6. The van der Waals surface area contributed by atoms with Crippen LogP contribution in [0, 0.1) is 5.82 Å². The summed E-state index contributed by atoms with van der Waals surface area (Å²) in [4.78, 5) is 24.6. The third-order valence-electron chi connectivity index (χ3n) is 5.90. The second-order valence-corrected chi connectivity index (χ2v) is 8.29. The van der Waals surface area contributed by atoms with Crippen molar-refractivity contribution in [3.05, 3.63) is 53.8 Å². The van der Waals surface area contributed by atoms with Crippen LogP contribution in [0.5, 0.6) is 5.75 Å². The van der Waals surface area contributed by atoms with Gasteiger partial charge in [0.2, 0.25) is 5.91 Å². The van der Waals surface area contributed by atoms with Crippen molar-refractivity contribution < 1.29 is 33.3 Å². The number of hydrogen-bond acceptors (Lipinski definition) is 6. The molecule has 2 aliphatic rings. The predicted molar refractivity (Wildman–Crippen MR) is 123 cm³/mol. The molecule has 10 heteroatoms. The van der Waals surface area contributed by atoms with Gasteiger partial charge >= 0.3 is 6.03 Å². The lowest BCUT2D eigenvalue weighted by Crippen LogP contribution is -2.47. The molecule has 2 aliphatic heterocycles. The number of carbonyl (C=O) groups excluding carboxylic acids is 2. The molecule has 182 valence electrons. The van der Waals surface area contributed by atoms with Crippen LogP contribution in [-0.2, 0) is 14.3 Å². The third kappa shape index (κ3) is 5.64. The summed E-state index contributed by atoms with van der Waals surface area (Å²) in [5.41, 5.74) is 1.91. The minimum absolute atomic E-state index is 0.0976. The van der Waals surface area contributed by atoms with E-state index in [2.05, 4.69) is 16.0 Å². The van der Waals surface area contributed by atoms with Crippen LogP contribution in [0.4, 0.5) is 20.6 Å². The summed E-state index contributed by atoms with van der Waals surface area (Å²) in [7, 11) is 1.56. The van der Waals surface area contributed by atoms with Crippen LogP contribution in [0.2, 0.25) is 0 Å². The fourth-order valence-electron chi connectivity index (χ4n) is 4.37. The summed E-state index contributed by atoms with van der Waals surface area (Å²) in [6.45, 7) is 0.605. The van der Waals surface area contributed by atoms with Gasteiger partial charge in [-0.25, -0.2) is 9.18 Å². The molecule has 2 heterocycles. The number of rotatable bonds is 8. The Kier molecular flexibility index (Phi) is 7.61. The van der Waals surface area contributed by atoms with E-state index >= 15 is 0 Å². The summed E-state index contributed by atoms with van der Waals surface area (Å²) in [6, 6.07) is 10.3. The van der Waals surface area contributed by atoms with Crippen molar-refractivity contribution in [3.63, 3.8) is 0 Å². The number of aliphatic hydroxyl groups excluding tert-OH is 1. The van der Waals surface area contributed by atoms with E-state index in [1.807, 2.05) is 6.07 Å². The fourth-order valence-corrected chi connectivity index (χ4v) is 4.37. The van der Waals surface area contributed by atoms with Crippen LogP contribution >= 0.6 is 0 Å². The molecule has 2 aromatic carbocycles. The van der Waals surface area contributed by atoms with E-state index < -0.39 is 12.1 Å². The van der Waals surface area contributed by atoms with E-state index in [0.29, 0.717) is 36.7 Å². The Morgan fingerprint density at radius 2 is 1.88 bits per heavy atom. The molecule has 0 bridgehead atoms. The van der Waals surface area contributed by atoms with Gasteiger partial charge in [0, 0.05) is 36.5 Å². The maximum atomic E-state index is 13.1. The molecule has 9 nitrogen and oxygen atoms in total. The number of carbonyl (C=O) groups is 2. The lowest BCUT2D eigenvalue weighted by atomic mass is 9.84. The first-order valence-electron chi connectivity index (χ1n) is 11.1. The predicted octanol–water partition coefficient (Wildman–Crippen LogP) is 2.62. The van der Waals surface area contributed by atoms with Gasteiger partial charge in [0.05, 0.1) is 25.7 Å². The van der Waals surface area contributed by atoms with E-state index in [4.69, 9.17) is 14.2 Å². The maximum absolute atomic E-state index is 13.1.